The Labute approximate surface area is 176 Å². The molecule has 0 atom stereocenters. The first kappa shape index (κ1) is 22.3. The lowest BCUT2D eigenvalue weighted by molar-refractivity contribution is 0.0974. The normalized spacial score (nSPS) is 11.0. The monoisotopic (exact) mass is 421 g/mol. The number of fused-ring (bicyclic) bond motifs is 1. The molecule has 2 aromatic heterocycles. The first-order valence-electron chi connectivity index (χ1n) is 9.49. The van der Waals surface area contributed by atoms with E-state index in [1.165, 1.54) is 5.56 Å². The van der Waals surface area contributed by atoms with Crippen LogP contribution < -0.4 is 4.90 Å². The van der Waals surface area contributed by atoms with Gasteiger partial charge in [-0.25, -0.2) is 4.98 Å². The van der Waals surface area contributed by atoms with Gasteiger partial charge in [0.1, 0.15) is 5.69 Å². The number of likely N-dealkylation sites (N-methyl/N-ethyl adjacent to an activating group) is 1. The topological polar surface area (TPSA) is 54.3 Å². The zero-order chi connectivity index (χ0) is 19.4. The second-order valence-corrected chi connectivity index (χ2v) is 7.48. The number of thiazole rings is 1. The van der Waals surface area contributed by atoms with Gasteiger partial charge in [0, 0.05) is 26.3 Å². The van der Waals surface area contributed by atoms with E-state index in [1.807, 2.05) is 6.07 Å². The van der Waals surface area contributed by atoms with Crippen LogP contribution in [0.5, 0.6) is 0 Å². The van der Waals surface area contributed by atoms with Crippen molar-refractivity contribution in [1.29, 1.82) is 0 Å². The van der Waals surface area contributed by atoms with Gasteiger partial charge in [0.25, 0.3) is 5.91 Å². The number of nitrogens with zero attached hydrogens (tertiary/aromatic N) is 5. The molecular weight excluding hydrogens is 394 g/mol. The number of hydrogen-bond acceptors (Lipinski definition) is 5. The Hall–Kier alpha value is -1.96. The van der Waals surface area contributed by atoms with Gasteiger partial charge in [0.05, 0.1) is 10.2 Å². The van der Waals surface area contributed by atoms with Gasteiger partial charge < -0.3 is 4.90 Å². The summed E-state index contributed by atoms with van der Waals surface area (Å²) in [7, 11) is 1.79. The van der Waals surface area contributed by atoms with Crippen LogP contribution in [0.1, 0.15) is 36.8 Å². The Bertz CT molecular complexity index is 918. The number of rotatable bonds is 8. The van der Waals surface area contributed by atoms with E-state index in [0.717, 1.165) is 41.4 Å². The number of aryl methyl sites for hydroxylation is 2. The molecule has 1 amide bonds. The van der Waals surface area contributed by atoms with E-state index in [4.69, 9.17) is 4.98 Å². The predicted octanol–water partition coefficient (Wildman–Crippen LogP) is 4.00. The molecular formula is C20H28ClN5OS. The average Bonchev–Trinajstić information content (AvgIpc) is 3.30. The fraction of sp³-hybridized carbons (Fsp3) is 0.450. The highest BCUT2D eigenvalue weighted by atomic mass is 35.5. The van der Waals surface area contributed by atoms with Crippen LogP contribution in [0.15, 0.2) is 30.5 Å². The van der Waals surface area contributed by atoms with Gasteiger partial charge >= 0.3 is 0 Å². The van der Waals surface area contributed by atoms with Crippen molar-refractivity contribution in [1.82, 2.24) is 19.7 Å². The first-order valence-corrected chi connectivity index (χ1v) is 10.3. The summed E-state index contributed by atoms with van der Waals surface area (Å²) in [6.45, 7) is 9.76. The average molecular weight is 422 g/mol. The van der Waals surface area contributed by atoms with Crippen LogP contribution in [0.25, 0.3) is 10.2 Å². The van der Waals surface area contributed by atoms with Crippen molar-refractivity contribution in [2.75, 3.05) is 31.1 Å². The lowest BCUT2D eigenvalue weighted by Crippen LogP contribution is -2.39. The molecule has 0 saturated carbocycles. The maximum atomic E-state index is 13.2. The molecule has 2 heterocycles. The molecule has 0 aliphatic heterocycles. The molecule has 0 N–H and O–H groups in total. The minimum absolute atomic E-state index is 0. The predicted molar refractivity (Wildman–Crippen MR) is 119 cm³/mol. The second kappa shape index (κ2) is 10.0. The Balaban J connectivity index is 0.00000280. The third-order valence-electron chi connectivity index (χ3n) is 4.90. The van der Waals surface area contributed by atoms with E-state index in [9.17, 15) is 4.79 Å². The zero-order valence-corrected chi connectivity index (χ0v) is 18.5. The number of carbonyl (C=O) groups is 1. The number of hydrogen-bond donors (Lipinski definition) is 0. The SMILES string of the molecule is CCc1ccc2nc(N(CCN(CC)CC)C(=O)c3ccnn3C)sc2c1.Cl. The van der Waals surface area contributed by atoms with E-state index in [1.54, 1.807) is 40.2 Å². The fourth-order valence-corrected chi connectivity index (χ4v) is 4.13. The Morgan fingerprint density at radius 3 is 2.50 bits per heavy atom. The molecule has 6 nitrogen and oxygen atoms in total. The molecule has 3 rings (SSSR count). The molecule has 0 aliphatic rings. The lowest BCUT2D eigenvalue weighted by Gasteiger charge is -2.24. The lowest BCUT2D eigenvalue weighted by atomic mass is 10.2. The third-order valence-corrected chi connectivity index (χ3v) is 5.94. The molecule has 0 aliphatic carbocycles. The maximum absolute atomic E-state index is 13.2. The number of carbonyl (C=O) groups excluding carboxylic acids is 1. The number of aromatic nitrogens is 3. The number of halogens is 1. The van der Waals surface area contributed by atoms with E-state index in [2.05, 4.69) is 42.9 Å². The van der Waals surface area contributed by atoms with Crippen LogP contribution >= 0.6 is 23.7 Å². The number of anilines is 1. The Morgan fingerprint density at radius 2 is 1.89 bits per heavy atom. The van der Waals surface area contributed by atoms with Crippen LogP contribution in [0.2, 0.25) is 0 Å². The van der Waals surface area contributed by atoms with Crippen LogP contribution in [-0.4, -0.2) is 51.8 Å². The number of amides is 1. The molecule has 8 heteroatoms. The van der Waals surface area contributed by atoms with Crippen molar-refractivity contribution < 1.29 is 4.79 Å². The van der Waals surface area contributed by atoms with Crippen molar-refractivity contribution in [3.8, 4) is 0 Å². The van der Waals surface area contributed by atoms with Gasteiger partial charge in [-0.3, -0.25) is 14.4 Å². The molecule has 0 bridgehead atoms. The summed E-state index contributed by atoms with van der Waals surface area (Å²) in [5, 5.41) is 4.90. The van der Waals surface area contributed by atoms with E-state index < -0.39 is 0 Å². The van der Waals surface area contributed by atoms with Crippen molar-refractivity contribution >= 4 is 45.0 Å². The summed E-state index contributed by atoms with van der Waals surface area (Å²) >= 11 is 1.58. The molecule has 152 valence electrons. The van der Waals surface area contributed by atoms with Crippen LogP contribution in [-0.2, 0) is 13.5 Å². The van der Waals surface area contributed by atoms with Crippen molar-refractivity contribution in [3.63, 3.8) is 0 Å². The van der Waals surface area contributed by atoms with Crippen molar-refractivity contribution in [2.45, 2.75) is 27.2 Å². The van der Waals surface area contributed by atoms with Gasteiger partial charge in [-0.1, -0.05) is 38.2 Å². The van der Waals surface area contributed by atoms with Crippen LogP contribution in [0.4, 0.5) is 5.13 Å². The second-order valence-electron chi connectivity index (χ2n) is 6.48. The summed E-state index contributed by atoms with van der Waals surface area (Å²) in [4.78, 5) is 22.1. The van der Waals surface area contributed by atoms with Crippen LogP contribution in [0, 0.1) is 0 Å². The zero-order valence-electron chi connectivity index (χ0n) is 16.9. The van der Waals surface area contributed by atoms with E-state index >= 15 is 0 Å². The van der Waals surface area contributed by atoms with Crippen molar-refractivity contribution in [2.24, 2.45) is 7.05 Å². The molecule has 0 spiro atoms. The summed E-state index contributed by atoms with van der Waals surface area (Å²) in [6, 6.07) is 8.09. The molecule has 28 heavy (non-hydrogen) atoms. The summed E-state index contributed by atoms with van der Waals surface area (Å²) in [6.07, 6.45) is 2.64. The summed E-state index contributed by atoms with van der Waals surface area (Å²) < 4.78 is 2.74. The van der Waals surface area contributed by atoms with Gasteiger partial charge in [0.15, 0.2) is 5.13 Å². The molecule has 3 aromatic rings. The molecule has 0 saturated heterocycles. The maximum Gasteiger partial charge on any atom is 0.278 e. The number of benzene rings is 1. The Morgan fingerprint density at radius 1 is 1.14 bits per heavy atom. The third kappa shape index (κ3) is 4.71. The minimum Gasteiger partial charge on any atom is -0.302 e. The van der Waals surface area contributed by atoms with Gasteiger partial charge in [0.2, 0.25) is 0 Å². The van der Waals surface area contributed by atoms with Crippen molar-refractivity contribution in [3.05, 3.63) is 41.7 Å². The fourth-order valence-electron chi connectivity index (χ4n) is 3.08. The molecule has 0 fully saturated rings. The Kier molecular flexibility index (Phi) is 7.98. The van der Waals surface area contributed by atoms with Gasteiger partial charge in [-0.15, -0.1) is 12.4 Å². The molecule has 1 aromatic carbocycles. The van der Waals surface area contributed by atoms with Gasteiger partial charge in [-0.2, -0.15) is 5.10 Å². The highest BCUT2D eigenvalue weighted by Crippen LogP contribution is 2.30. The minimum atomic E-state index is -0.0584. The van der Waals surface area contributed by atoms with Gasteiger partial charge in [-0.05, 0) is 43.3 Å². The summed E-state index contributed by atoms with van der Waals surface area (Å²) in [5.74, 6) is -0.0584. The van der Waals surface area contributed by atoms with E-state index in [0.29, 0.717) is 12.2 Å². The molecule has 0 radical (unpaired) electrons. The smallest absolute Gasteiger partial charge is 0.278 e. The molecule has 0 unspecified atom stereocenters. The highest BCUT2D eigenvalue weighted by Gasteiger charge is 2.24. The highest BCUT2D eigenvalue weighted by molar-refractivity contribution is 7.22. The summed E-state index contributed by atoms with van der Waals surface area (Å²) in [5.41, 5.74) is 2.80. The first-order chi connectivity index (χ1) is 13.1. The quantitative estimate of drug-likeness (QED) is 0.551. The van der Waals surface area contributed by atoms with E-state index in [-0.39, 0.29) is 18.3 Å². The standard InChI is InChI=1S/C20H27N5OS.ClH/c1-5-15-8-9-16-18(14-15)27-20(22-16)25(13-12-24(6-2)7-3)19(26)17-10-11-21-23(17)4;/h8-11,14H,5-7,12-13H2,1-4H3;1H. The largest absolute Gasteiger partial charge is 0.302 e. The van der Waals surface area contributed by atoms with Crippen LogP contribution in [0.3, 0.4) is 0 Å².